The first-order valence-corrected chi connectivity index (χ1v) is 6.93. The maximum absolute atomic E-state index is 12.7. The van der Waals surface area contributed by atoms with E-state index in [0.29, 0.717) is 11.7 Å². The molecule has 4 rings (SSSR count). The van der Waals surface area contributed by atoms with E-state index in [1.807, 2.05) is 0 Å². The van der Waals surface area contributed by atoms with Crippen molar-refractivity contribution >= 4 is 5.78 Å². The molecular weight excluding hydrogens is 196 g/mol. The molecule has 0 aliphatic heterocycles. The Bertz CT molecular complexity index is 345. The first kappa shape index (κ1) is 10.8. The summed E-state index contributed by atoms with van der Waals surface area (Å²) < 4.78 is 0. The van der Waals surface area contributed by atoms with Crippen molar-refractivity contribution < 1.29 is 4.79 Å². The van der Waals surface area contributed by atoms with E-state index in [1.165, 1.54) is 19.3 Å². The Hall–Kier alpha value is -0.330. The highest BCUT2D eigenvalue weighted by Crippen LogP contribution is 2.68. The lowest BCUT2D eigenvalue weighted by Crippen LogP contribution is -2.53. The lowest BCUT2D eigenvalue weighted by Gasteiger charge is -2.53. The van der Waals surface area contributed by atoms with Crippen LogP contribution in [0.15, 0.2) is 0 Å². The van der Waals surface area contributed by atoms with Gasteiger partial charge in [-0.15, -0.1) is 0 Å². The van der Waals surface area contributed by atoms with Crippen LogP contribution < -0.4 is 0 Å². The molecule has 4 fully saturated rings. The van der Waals surface area contributed by atoms with Crippen molar-refractivity contribution in [3.63, 3.8) is 0 Å². The van der Waals surface area contributed by atoms with E-state index >= 15 is 0 Å². The fourth-order valence-electron chi connectivity index (χ4n) is 5.37. The minimum Gasteiger partial charge on any atom is -0.298 e. The van der Waals surface area contributed by atoms with Crippen LogP contribution >= 0.6 is 0 Å². The number of hydrogen-bond acceptors (Lipinski definition) is 1. The Balaban J connectivity index is 2.05. The zero-order valence-electron chi connectivity index (χ0n) is 11.0. The molecule has 0 radical (unpaired) electrons. The van der Waals surface area contributed by atoms with Gasteiger partial charge in [0.15, 0.2) is 0 Å². The molecule has 0 amide bonds. The summed E-state index contributed by atoms with van der Waals surface area (Å²) in [6.45, 7) is 9.19. The molecule has 5 atom stereocenters. The quantitative estimate of drug-likeness (QED) is 0.659. The highest BCUT2D eigenvalue weighted by atomic mass is 16.1. The molecule has 16 heavy (non-hydrogen) atoms. The highest BCUT2D eigenvalue weighted by molar-refractivity contribution is 5.92. The van der Waals surface area contributed by atoms with Gasteiger partial charge >= 0.3 is 0 Å². The Kier molecular flexibility index (Phi) is 1.97. The zero-order chi connectivity index (χ0) is 11.7. The molecule has 1 heteroatoms. The van der Waals surface area contributed by atoms with E-state index in [9.17, 15) is 4.79 Å². The molecule has 2 unspecified atom stereocenters. The van der Waals surface area contributed by atoms with E-state index in [0.717, 1.165) is 24.2 Å². The van der Waals surface area contributed by atoms with Crippen molar-refractivity contribution in [2.45, 2.75) is 53.4 Å². The summed E-state index contributed by atoms with van der Waals surface area (Å²) in [4.78, 5) is 12.7. The molecule has 4 aliphatic rings. The Morgan fingerprint density at radius 3 is 2.56 bits per heavy atom. The molecule has 0 saturated heterocycles. The van der Waals surface area contributed by atoms with Gasteiger partial charge in [0.1, 0.15) is 5.78 Å². The number of rotatable bonds is 1. The normalized spacial score (nSPS) is 55.1. The second-order valence-electron chi connectivity index (χ2n) is 7.43. The van der Waals surface area contributed by atoms with Crippen LogP contribution in [0.5, 0.6) is 0 Å². The van der Waals surface area contributed by atoms with Gasteiger partial charge in [0, 0.05) is 10.8 Å². The molecule has 4 bridgehead atoms. The summed E-state index contributed by atoms with van der Waals surface area (Å²) in [6.07, 6.45) is 4.84. The third kappa shape index (κ3) is 1.05. The van der Waals surface area contributed by atoms with E-state index in [4.69, 9.17) is 0 Å². The number of Topliss-reactive ketones (excluding diaryl/α,β-unsaturated/α-hetero) is 1. The van der Waals surface area contributed by atoms with Crippen molar-refractivity contribution in [2.24, 2.45) is 34.5 Å². The van der Waals surface area contributed by atoms with Crippen molar-refractivity contribution in [3.05, 3.63) is 0 Å². The average molecular weight is 220 g/mol. The topological polar surface area (TPSA) is 17.1 Å². The molecule has 0 aromatic carbocycles. The van der Waals surface area contributed by atoms with Crippen LogP contribution in [0.2, 0.25) is 0 Å². The van der Waals surface area contributed by atoms with Gasteiger partial charge in [0.05, 0.1) is 0 Å². The van der Waals surface area contributed by atoms with Gasteiger partial charge in [-0.25, -0.2) is 0 Å². The van der Waals surface area contributed by atoms with Gasteiger partial charge in [-0.05, 0) is 49.4 Å². The van der Waals surface area contributed by atoms with Gasteiger partial charge in [0.25, 0.3) is 0 Å². The third-order valence-corrected chi connectivity index (χ3v) is 6.16. The molecule has 90 valence electrons. The van der Waals surface area contributed by atoms with Crippen LogP contribution in [0.4, 0.5) is 0 Å². The number of fused-ring (bicyclic) bond motifs is 1. The first-order valence-electron chi connectivity index (χ1n) is 6.93. The summed E-state index contributed by atoms with van der Waals surface area (Å²) in [6, 6.07) is 0. The van der Waals surface area contributed by atoms with E-state index in [1.54, 1.807) is 0 Å². The van der Waals surface area contributed by atoms with Crippen molar-refractivity contribution in [1.82, 2.24) is 0 Å². The molecule has 0 heterocycles. The van der Waals surface area contributed by atoms with Gasteiger partial charge in [-0.1, -0.05) is 27.7 Å². The van der Waals surface area contributed by atoms with Crippen LogP contribution in [0.25, 0.3) is 0 Å². The predicted molar refractivity (Wildman–Crippen MR) is 65.0 cm³/mol. The lowest BCUT2D eigenvalue weighted by molar-refractivity contribution is -0.154. The molecule has 4 saturated carbocycles. The standard InChI is InChI=1S/C15H24O/c1-9(2)10-8-15(4)12-5-6-14(3,13(15)16)7-11(10)12/h9-12H,5-8H2,1-4H3/t10-,11?,12?,14-,15-/m1/s1. The van der Waals surface area contributed by atoms with Crippen LogP contribution in [-0.4, -0.2) is 5.78 Å². The Labute approximate surface area is 99.0 Å². The van der Waals surface area contributed by atoms with E-state index in [2.05, 4.69) is 27.7 Å². The van der Waals surface area contributed by atoms with Gasteiger partial charge in [0.2, 0.25) is 0 Å². The molecule has 1 nitrogen and oxygen atoms in total. The molecular formula is C15H24O. The van der Waals surface area contributed by atoms with E-state index < -0.39 is 0 Å². The maximum Gasteiger partial charge on any atom is 0.144 e. The second-order valence-corrected chi connectivity index (χ2v) is 7.43. The highest BCUT2D eigenvalue weighted by Gasteiger charge is 2.66. The smallest absolute Gasteiger partial charge is 0.144 e. The summed E-state index contributed by atoms with van der Waals surface area (Å²) in [5.41, 5.74) is 0.0860. The average Bonchev–Trinajstić information content (AvgIpc) is 2.47. The number of carbonyl (C=O) groups excluding carboxylic acids is 1. The van der Waals surface area contributed by atoms with Gasteiger partial charge in [-0.3, -0.25) is 4.79 Å². The van der Waals surface area contributed by atoms with E-state index in [-0.39, 0.29) is 10.8 Å². The van der Waals surface area contributed by atoms with Gasteiger partial charge < -0.3 is 0 Å². The fourth-order valence-corrected chi connectivity index (χ4v) is 5.37. The van der Waals surface area contributed by atoms with Crippen molar-refractivity contribution in [3.8, 4) is 0 Å². The number of ketones is 1. The zero-order valence-corrected chi connectivity index (χ0v) is 11.0. The fraction of sp³-hybridized carbons (Fsp3) is 0.933. The molecule has 0 spiro atoms. The monoisotopic (exact) mass is 220 g/mol. The SMILES string of the molecule is CC(C)[C@H]1C[C@@]2(C)C(=O)[C@]3(C)CCC2C1C3. The summed E-state index contributed by atoms with van der Waals surface area (Å²) in [5.74, 6) is 3.73. The Morgan fingerprint density at radius 1 is 1.25 bits per heavy atom. The minimum atomic E-state index is 0.0395. The maximum atomic E-state index is 12.7. The van der Waals surface area contributed by atoms with Gasteiger partial charge in [-0.2, -0.15) is 0 Å². The van der Waals surface area contributed by atoms with Crippen molar-refractivity contribution in [1.29, 1.82) is 0 Å². The molecule has 0 aromatic rings. The lowest BCUT2D eigenvalue weighted by atomic mass is 9.50. The van der Waals surface area contributed by atoms with Crippen molar-refractivity contribution in [2.75, 3.05) is 0 Å². The molecule has 0 aromatic heterocycles. The van der Waals surface area contributed by atoms with Crippen LogP contribution in [0.1, 0.15) is 53.4 Å². The predicted octanol–water partition coefficient (Wildman–Crippen LogP) is 3.67. The summed E-state index contributed by atoms with van der Waals surface area (Å²) in [5, 5.41) is 0. The van der Waals surface area contributed by atoms with Crippen LogP contribution in [-0.2, 0) is 4.79 Å². The van der Waals surface area contributed by atoms with Crippen LogP contribution in [0, 0.1) is 34.5 Å². The largest absolute Gasteiger partial charge is 0.298 e. The summed E-state index contributed by atoms with van der Waals surface area (Å²) in [7, 11) is 0. The third-order valence-electron chi connectivity index (χ3n) is 6.16. The second kappa shape index (κ2) is 2.91. The summed E-state index contributed by atoms with van der Waals surface area (Å²) >= 11 is 0. The first-order chi connectivity index (χ1) is 7.38. The molecule has 0 N–H and O–H groups in total. The number of hydrogen-bond donors (Lipinski definition) is 0. The number of carbonyl (C=O) groups is 1. The van der Waals surface area contributed by atoms with Crippen LogP contribution in [0.3, 0.4) is 0 Å². The molecule has 4 aliphatic carbocycles. The minimum absolute atomic E-state index is 0.0395. The Morgan fingerprint density at radius 2 is 1.94 bits per heavy atom.